The number of benzene rings is 2. The molecule has 2 aliphatic rings. The Kier molecular flexibility index (Phi) is 5.39. The van der Waals surface area contributed by atoms with Gasteiger partial charge in [-0.2, -0.15) is 0 Å². The first-order valence-corrected chi connectivity index (χ1v) is 10.3. The molecule has 2 atom stereocenters. The number of rotatable bonds is 3. The number of hydrogen-bond acceptors (Lipinski definition) is 3. The molecule has 2 aromatic rings. The Morgan fingerprint density at radius 3 is 2.53 bits per heavy atom. The van der Waals surface area contributed by atoms with E-state index in [1.165, 1.54) is 0 Å². The Morgan fingerprint density at radius 2 is 1.83 bits per heavy atom. The van der Waals surface area contributed by atoms with E-state index in [-0.39, 0.29) is 23.9 Å². The van der Waals surface area contributed by atoms with Crippen LogP contribution in [-0.2, 0) is 4.79 Å². The molecule has 2 aliphatic heterocycles. The van der Waals surface area contributed by atoms with Crippen LogP contribution >= 0.6 is 11.6 Å². The van der Waals surface area contributed by atoms with Crippen molar-refractivity contribution in [1.29, 1.82) is 0 Å². The lowest BCUT2D eigenvalue weighted by atomic mass is 10.0. The quantitative estimate of drug-likeness (QED) is 0.703. The second-order valence-electron chi connectivity index (χ2n) is 7.87. The first-order chi connectivity index (χ1) is 14.3. The van der Waals surface area contributed by atoms with Gasteiger partial charge in [-0.05, 0) is 55.7 Å². The fourth-order valence-corrected chi connectivity index (χ4v) is 4.11. The van der Waals surface area contributed by atoms with Crippen molar-refractivity contribution in [2.45, 2.75) is 38.4 Å². The molecule has 1 saturated heterocycles. The molecule has 2 aromatic carbocycles. The van der Waals surface area contributed by atoms with Gasteiger partial charge in [-0.15, -0.1) is 0 Å². The molecule has 30 heavy (non-hydrogen) atoms. The number of halogens is 1. The van der Waals surface area contributed by atoms with Gasteiger partial charge in [-0.1, -0.05) is 29.8 Å². The van der Waals surface area contributed by atoms with E-state index >= 15 is 0 Å². The van der Waals surface area contributed by atoms with Gasteiger partial charge in [-0.3, -0.25) is 9.59 Å². The van der Waals surface area contributed by atoms with Gasteiger partial charge in [0.15, 0.2) is 0 Å². The van der Waals surface area contributed by atoms with Gasteiger partial charge in [0.2, 0.25) is 5.91 Å². The number of nitrogens with zero attached hydrogens (tertiary/aromatic N) is 1. The lowest BCUT2D eigenvalue weighted by Crippen LogP contribution is -2.54. The smallest absolute Gasteiger partial charge is 0.315 e. The van der Waals surface area contributed by atoms with Crippen LogP contribution in [0.4, 0.5) is 10.5 Å². The molecule has 0 unspecified atom stereocenters. The number of fused-ring (bicyclic) bond motifs is 2. The van der Waals surface area contributed by atoms with Crippen molar-refractivity contribution in [2.75, 3.05) is 11.9 Å². The topological polar surface area (TPSA) is 90.5 Å². The summed E-state index contributed by atoms with van der Waals surface area (Å²) in [5, 5.41) is 9.10. The summed E-state index contributed by atoms with van der Waals surface area (Å²) < 4.78 is 0. The molecule has 156 valence electrons. The summed E-state index contributed by atoms with van der Waals surface area (Å²) in [5.41, 5.74) is 2.69. The summed E-state index contributed by atoms with van der Waals surface area (Å²) in [5.74, 6) is -0.522. The predicted molar refractivity (Wildman–Crippen MR) is 116 cm³/mol. The number of nitrogens with one attached hydrogen (secondary N) is 3. The lowest BCUT2D eigenvalue weighted by Gasteiger charge is -2.25. The van der Waals surface area contributed by atoms with E-state index in [4.69, 9.17) is 11.6 Å². The Morgan fingerprint density at radius 1 is 1.13 bits per heavy atom. The normalized spacial score (nSPS) is 20.3. The van der Waals surface area contributed by atoms with Crippen LogP contribution in [0.1, 0.15) is 30.6 Å². The maximum Gasteiger partial charge on any atom is 0.315 e. The van der Waals surface area contributed by atoms with Gasteiger partial charge < -0.3 is 20.9 Å². The molecule has 7 nitrogen and oxygen atoms in total. The zero-order valence-corrected chi connectivity index (χ0v) is 17.5. The second-order valence-corrected chi connectivity index (χ2v) is 8.30. The average molecular weight is 427 g/mol. The largest absolute Gasteiger partial charge is 0.336 e. The molecule has 0 radical (unpaired) electrons. The molecule has 2 heterocycles. The van der Waals surface area contributed by atoms with E-state index in [2.05, 4.69) is 16.0 Å². The number of amides is 4. The molecular weight excluding hydrogens is 404 g/mol. The van der Waals surface area contributed by atoms with Crippen LogP contribution in [0, 0.1) is 0 Å². The van der Waals surface area contributed by atoms with E-state index in [9.17, 15) is 14.4 Å². The maximum absolute atomic E-state index is 13.3. The number of carbonyl (C=O) groups excluding carboxylic acids is 3. The second kappa shape index (κ2) is 7.99. The standard InChI is InChI=1S/C22H23ClN4O3/c1-12(2)24-22(30)26-18-9-10-27-19(18)20(28)25-17-8-5-14(11-16(17)21(27)29)13-3-6-15(23)7-4-13/h3-8,11-12,18-19H,9-10H2,1-2H3,(H,25,28)(H2,24,26,30)/t18-,19-/m0/s1. The fraction of sp³-hybridized carbons (Fsp3) is 0.318. The predicted octanol–water partition coefficient (Wildman–Crippen LogP) is 3.25. The highest BCUT2D eigenvalue weighted by Crippen LogP contribution is 2.32. The van der Waals surface area contributed by atoms with Crippen molar-refractivity contribution in [3.05, 3.63) is 53.1 Å². The molecule has 0 bridgehead atoms. The first kappa shape index (κ1) is 20.2. The lowest BCUT2D eigenvalue weighted by molar-refractivity contribution is -0.120. The maximum atomic E-state index is 13.3. The third-order valence-electron chi connectivity index (χ3n) is 5.35. The summed E-state index contributed by atoms with van der Waals surface area (Å²) in [6.07, 6.45) is 0.515. The van der Waals surface area contributed by atoms with Gasteiger partial charge in [0, 0.05) is 17.6 Å². The molecule has 4 amide bonds. The minimum Gasteiger partial charge on any atom is -0.336 e. The van der Waals surface area contributed by atoms with Crippen molar-refractivity contribution in [1.82, 2.24) is 15.5 Å². The molecule has 0 spiro atoms. The molecule has 3 N–H and O–H groups in total. The highest BCUT2D eigenvalue weighted by atomic mass is 35.5. The molecule has 0 aliphatic carbocycles. The van der Waals surface area contributed by atoms with E-state index in [0.717, 1.165) is 11.1 Å². The third-order valence-corrected chi connectivity index (χ3v) is 5.60. The summed E-state index contributed by atoms with van der Waals surface area (Å²) >= 11 is 5.97. The van der Waals surface area contributed by atoms with Crippen LogP contribution in [0.3, 0.4) is 0 Å². The fourth-order valence-electron chi connectivity index (χ4n) is 3.98. The van der Waals surface area contributed by atoms with Gasteiger partial charge in [0.25, 0.3) is 5.91 Å². The summed E-state index contributed by atoms with van der Waals surface area (Å²) in [7, 11) is 0. The van der Waals surface area contributed by atoms with Crippen LogP contribution in [-0.4, -0.2) is 47.4 Å². The molecule has 1 fully saturated rings. The van der Waals surface area contributed by atoms with E-state index in [0.29, 0.717) is 29.2 Å². The Balaban J connectivity index is 1.62. The van der Waals surface area contributed by atoms with Crippen LogP contribution in [0.5, 0.6) is 0 Å². The summed E-state index contributed by atoms with van der Waals surface area (Å²) in [6.45, 7) is 4.11. The monoisotopic (exact) mass is 426 g/mol. The minimum absolute atomic E-state index is 0.0253. The molecule has 0 saturated carbocycles. The minimum atomic E-state index is -0.748. The van der Waals surface area contributed by atoms with E-state index < -0.39 is 12.1 Å². The Hall–Kier alpha value is -3.06. The molecule has 4 rings (SSSR count). The zero-order valence-electron chi connectivity index (χ0n) is 16.7. The van der Waals surface area contributed by atoms with Gasteiger partial charge in [0.1, 0.15) is 6.04 Å². The van der Waals surface area contributed by atoms with Crippen molar-refractivity contribution in [2.24, 2.45) is 0 Å². The Bertz CT molecular complexity index is 1010. The van der Waals surface area contributed by atoms with Gasteiger partial charge in [0.05, 0.1) is 17.3 Å². The summed E-state index contributed by atoms with van der Waals surface area (Å²) in [4.78, 5) is 39.9. The van der Waals surface area contributed by atoms with Gasteiger partial charge in [-0.25, -0.2) is 4.79 Å². The zero-order chi connectivity index (χ0) is 21.4. The number of urea groups is 1. The van der Waals surface area contributed by atoms with E-state index in [1.807, 2.05) is 32.0 Å². The van der Waals surface area contributed by atoms with Crippen LogP contribution in [0.25, 0.3) is 11.1 Å². The van der Waals surface area contributed by atoms with Crippen molar-refractivity contribution in [3.8, 4) is 11.1 Å². The SMILES string of the molecule is CC(C)NC(=O)N[C@H]1CCN2C(=O)c3cc(-c4ccc(Cl)cc4)ccc3NC(=O)[C@H]12. The number of hydrogen-bond donors (Lipinski definition) is 3. The van der Waals surface area contributed by atoms with Crippen LogP contribution in [0.2, 0.25) is 5.02 Å². The van der Waals surface area contributed by atoms with Gasteiger partial charge >= 0.3 is 6.03 Å². The number of carbonyl (C=O) groups is 3. The highest BCUT2D eigenvalue weighted by Gasteiger charge is 2.45. The Labute approximate surface area is 179 Å². The van der Waals surface area contributed by atoms with Crippen molar-refractivity contribution in [3.63, 3.8) is 0 Å². The third kappa shape index (κ3) is 3.85. The highest BCUT2D eigenvalue weighted by molar-refractivity contribution is 6.30. The van der Waals surface area contributed by atoms with Crippen LogP contribution in [0.15, 0.2) is 42.5 Å². The number of anilines is 1. The average Bonchev–Trinajstić information content (AvgIpc) is 3.07. The van der Waals surface area contributed by atoms with Crippen LogP contribution < -0.4 is 16.0 Å². The molecule has 8 heteroatoms. The van der Waals surface area contributed by atoms with Crippen molar-refractivity contribution >= 4 is 35.1 Å². The molecule has 0 aromatic heterocycles. The van der Waals surface area contributed by atoms with Crippen molar-refractivity contribution < 1.29 is 14.4 Å². The van der Waals surface area contributed by atoms with E-state index in [1.54, 1.807) is 29.2 Å². The first-order valence-electron chi connectivity index (χ1n) is 9.92. The molecular formula is C22H23ClN4O3. The summed E-state index contributed by atoms with van der Waals surface area (Å²) in [6, 6.07) is 11.2.